The predicted octanol–water partition coefficient (Wildman–Crippen LogP) is 2.42. The van der Waals surface area contributed by atoms with E-state index < -0.39 is 0 Å². The molecule has 1 N–H and O–H groups in total. The van der Waals surface area contributed by atoms with Crippen molar-refractivity contribution in [2.24, 2.45) is 4.99 Å². The van der Waals surface area contributed by atoms with Gasteiger partial charge in [0.05, 0.1) is 13.2 Å². The first-order valence-electron chi connectivity index (χ1n) is 9.22. The van der Waals surface area contributed by atoms with Gasteiger partial charge in [0.15, 0.2) is 5.96 Å². The van der Waals surface area contributed by atoms with E-state index in [2.05, 4.69) is 68.1 Å². The molecule has 1 saturated heterocycles. The van der Waals surface area contributed by atoms with Gasteiger partial charge in [0.25, 0.3) is 0 Å². The number of nitrogens with one attached hydrogen (secondary N) is 1. The third-order valence-electron chi connectivity index (χ3n) is 4.76. The van der Waals surface area contributed by atoms with Gasteiger partial charge >= 0.3 is 0 Å². The lowest BCUT2D eigenvalue weighted by Crippen LogP contribution is -2.48. The van der Waals surface area contributed by atoms with E-state index in [0.717, 1.165) is 44.4 Å². The fraction of sp³-hybridized carbons (Fsp3) is 0.526. The van der Waals surface area contributed by atoms with Crippen molar-refractivity contribution in [2.45, 2.75) is 32.9 Å². The molecule has 2 heterocycles. The highest BCUT2D eigenvalue weighted by molar-refractivity contribution is 14.0. The average Bonchev–Trinajstić information content (AvgIpc) is 3.13. The highest BCUT2D eigenvalue weighted by atomic mass is 127. The molecule has 0 bridgehead atoms. The molecule has 0 spiro atoms. The number of nitrogens with zero attached hydrogens (tertiary/aromatic N) is 5. The summed E-state index contributed by atoms with van der Waals surface area (Å²) in [4.78, 5) is 6.73. The summed E-state index contributed by atoms with van der Waals surface area (Å²) < 4.78 is 8.10. The number of benzene rings is 1. The number of aromatic nitrogens is 3. The van der Waals surface area contributed by atoms with Gasteiger partial charge in [0.1, 0.15) is 18.3 Å². The van der Waals surface area contributed by atoms with Crippen molar-refractivity contribution in [3.8, 4) is 0 Å². The number of rotatable bonds is 5. The van der Waals surface area contributed by atoms with E-state index in [1.165, 1.54) is 11.1 Å². The molecule has 0 saturated carbocycles. The Kier molecular flexibility index (Phi) is 8.49. The Bertz CT molecular complexity index is 747. The minimum absolute atomic E-state index is 0. The summed E-state index contributed by atoms with van der Waals surface area (Å²) in [5.74, 6) is 1.92. The molecule has 1 unspecified atom stereocenters. The molecule has 2 aromatic rings. The molecule has 1 aliphatic heterocycles. The minimum Gasteiger partial charge on any atom is -0.370 e. The second-order valence-corrected chi connectivity index (χ2v) is 6.43. The van der Waals surface area contributed by atoms with E-state index in [1.807, 2.05) is 7.05 Å². The largest absolute Gasteiger partial charge is 0.370 e. The number of morpholine rings is 1. The molecule has 7 nitrogen and oxygen atoms in total. The summed E-state index contributed by atoms with van der Waals surface area (Å²) in [5.41, 5.74) is 2.52. The Morgan fingerprint density at radius 2 is 2.19 bits per heavy atom. The van der Waals surface area contributed by atoms with Crippen LogP contribution in [-0.2, 0) is 17.7 Å². The summed E-state index contributed by atoms with van der Waals surface area (Å²) >= 11 is 0. The number of hydrogen-bond donors (Lipinski definition) is 1. The molecule has 1 aromatic heterocycles. The third-order valence-corrected chi connectivity index (χ3v) is 4.76. The second kappa shape index (κ2) is 10.6. The van der Waals surface area contributed by atoms with E-state index in [4.69, 9.17) is 4.74 Å². The number of ether oxygens (including phenoxy) is 1. The predicted molar refractivity (Wildman–Crippen MR) is 118 cm³/mol. The van der Waals surface area contributed by atoms with Gasteiger partial charge in [0, 0.05) is 33.1 Å². The normalized spacial score (nSPS) is 17.5. The molecule has 0 amide bonds. The lowest BCUT2D eigenvalue weighted by Gasteiger charge is -2.35. The molecule has 0 radical (unpaired) electrons. The van der Waals surface area contributed by atoms with E-state index in [9.17, 15) is 0 Å². The standard InChI is InChI=1S/C19H28N6O.HI/c1-4-18-23-22-14-25(18)10-9-21-19(20-3)24-11-12-26-17(13-24)16-8-6-5-7-15(16)2;/h5-8,14,17H,4,9-13H2,1-3H3,(H,20,21);1H. The highest BCUT2D eigenvalue weighted by Gasteiger charge is 2.25. The smallest absolute Gasteiger partial charge is 0.193 e. The molecule has 1 fully saturated rings. The van der Waals surface area contributed by atoms with Crippen molar-refractivity contribution in [1.82, 2.24) is 25.0 Å². The maximum atomic E-state index is 6.02. The van der Waals surface area contributed by atoms with E-state index in [1.54, 1.807) is 6.33 Å². The van der Waals surface area contributed by atoms with Gasteiger partial charge in [-0.25, -0.2) is 0 Å². The summed E-state index contributed by atoms with van der Waals surface area (Å²) in [6.07, 6.45) is 2.75. The van der Waals surface area contributed by atoms with Gasteiger partial charge in [-0.05, 0) is 18.1 Å². The second-order valence-electron chi connectivity index (χ2n) is 6.43. The number of guanidine groups is 1. The summed E-state index contributed by atoms with van der Waals surface area (Å²) in [6.45, 7) is 8.17. The van der Waals surface area contributed by atoms with Crippen LogP contribution in [-0.4, -0.2) is 58.9 Å². The zero-order valence-electron chi connectivity index (χ0n) is 16.3. The molecule has 1 aromatic carbocycles. The molecule has 8 heteroatoms. The molecule has 1 atom stereocenters. The van der Waals surface area contributed by atoms with Crippen molar-refractivity contribution >= 4 is 29.9 Å². The van der Waals surface area contributed by atoms with Gasteiger partial charge in [-0.15, -0.1) is 34.2 Å². The first-order chi connectivity index (χ1) is 12.7. The van der Waals surface area contributed by atoms with Crippen molar-refractivity contribution in [3.63, 3.8) is 0 Å². The van der Waals surface area contributed by atoms with Crippen LogP contribution in [0.4, 0.5) is 0 Å². The van der Waals surface area contributed by atoms with Crippen LogP contribution in [0.15, 0.2) is 35.6 Å². The molecule has 27 heavy (non-hydrogen) atoms. The molecule has 3 rings (SSSR count). The van der Waals surface area contributed by atoms with Crippen LogP contribution in [0.5, 0.6) is 0 Å². The Morgan fingerprint density at radius 3 is 2.93 bits per heavy atom. The number of aryl methyl sites for hydroxylation is 2. The zero-order valence-corrected chi connectivity index (χ0v) is 18.6. The quantitative estimate of drug-likeness (QED) is 0.401. The van der Waals surface area contributed by atoms with Gasteiger partial charge in [-0.1, -0.05) is 31.2 Å². The van der Waals surface area contributed by atoms with Crippen LogP contribution >= 0.6 is 24.0 Å². The van der Waals surface area contributed by atoms with Gasteiger partial charge < -0.3 is 19.5 Å². The summed E-state index contributed by atoms with van der Waals surface area (Å²) in [7, 11) is 1.83. The lowest BCUT2D eigenvalue weighted by molar-refractivity contribution is -0.00831. The van der Waals surface area contributed by atoms with E-state index >= 15 is 0 Å². The maximum absolute atomic E-state index is 6.02. The topological polar surface area (TPSA) is 67.6 Å². The van der Waals surface area contributed by atoms with Crippen molar-refractivity contribution in [2.75, 3.05) is 33.3 Å². The number of halogens is 1. The SMILES string of the molecule is CCc1nncn1CCNC(=NC)N1CCOC(c2ccccc2C)C1.I. The van der Waals surface area contributed by atoms with Crippen LogP contribution in [0, 0.1) is 6.92 Å². The molecule has 0 aliphatic carbocycles. The van der Waals surface area contributed by atoms with Crippen LogP contribution in [0.3, 0.4) is 0 Å². The van der Waals surface area contributed by atoms with E-state index in [0.29, 0.717) is 6.61 Å². The fourth-order valence-electron chi connectivity index (χ4n) is 3.34. The van der Waals surface area contributed by atoms with Crippen molar-refractivity contribution < 1.29 is 4.74 Å². The lowest BCUT2D eigenvalue weighted by atomic mass is 10.0. The van der Waals surface area contributed by atoms with Gasteiger partial charge in [0.2, 0.25) is 0 Å². The highest BCUT2D eigenvalue weighted by Crippen LogP contribution is 2.24. The first-order valence-corrected chi connectivity index (χ1v) is 9.22. The zero-order chi connectivity index (χ0) is 18.4. The van der Waals surface area contributed by atoms with Gasteiger partial charge in [-0.3, -0.25) is 4.99 Å². The van der Waals surface area contributed by atoms with Crippen LogP contribution < -0.4 is 5.32 Å². The Morgan fingerprint density at radius 1 is 1.37 bits per heavy atom. The molecular weight excluding hydrogens is 455 g/mol. The molecule has 148 valence electrons. The third kappa shape index (κ3) is 5.41. The Hall–Kier alpha value is -1.68. The first kappa shape index (κ1) is 21.6. The van der Waals surface area contributed by atoms with Crippen LogP contribution in [0.25, 0.3) is 0 Å². The van der Waals surface area contributed by atoms with Crippen LogP contribution in [0.2, 0.25) is 0 Å². The Labute approximate surface area is 178 Å². The number of aliphatic imine (C=N–C) groups is 1. The van der Waals surface area contributed by atoms with Crippen LogP contribution in [0.1, 0.15) is 30.0 Å². The number of hydrogen-bond acceptors (Lipinski definition) is 4. The average molecular weight is 484 g/mol. The maximum Gasteiger partial charge on any atom is 0.193 e. The monoisotopic (exact) mass is 484 g/mol. The Balaban J connectivity index is 0.00000261. The minimum atomic E-state index is 0. The summed E-state index contributed by atoms with van der Waals surface area (Å²) in [5, 5.41) is 11.6. The van der Waals surface area contributed by atoms with Gasteiger partial charge in [-0.2, -0.15) is 0 Å². The fourth-order valence-corrected chi connectivity index (χ4v) is 3.34. The summed E-state index contributed by atoms with van der Waals surface area (Å²) in [6, 6.07) is 8.42. The van der Waals surface area contributed by atoms with E-state index in [-0.39, 0.29) is 30.1 Å². The van der Waals surface area contributed by atoms with Crippen molar-refractivity contribution in [3.05, 3.63) is 47.5 Å². The molecule has 1 aliphatic rings. The molecular formula is C19H29IN6O. The van der Waals surface area contributed by atoms with Crippen molar-refractivity contribution in [1.29, 1.82) is 0 Å².